The first-order valence-corrected chi connectivity index (χ1v) is 7.91. The number of benzene rings is 1. The van der Waals surface area contributed by atoms with E-state index in [1.54, 1.807) is 11.3 Å². The van der Waals surface area contributed by atoms with Gasteiger partial charge in [0.05, 0.1) is 0 Å². The Balaban J connectivity index is 1.72. The van der Waals surface area contributed by atoms with Gasteiger partial charge >= 0.3 is 0 Å². The van der Waals surface area contributed by atoms with Gasteiger partial charge in [-0.2, -0.15) is 0 Å². The monoisotopic (exact) mass is 284 g/mol. The number of furan rings is 1. The van der Waals surface area contributed by atoms with Crippen molar-refractivity contribution in [2.24, 2.45) is 0 Å². The van der Waals surface area contributed by atoms with Gasteiger partial charge in [0.15, 0.2) is 0 Å². The van der Waals surface area contributed by atoms with Gasteiger partial charge in [0.1, 0.15) is 17.4 Å². The van der Waals surface area contributed by atoms with Gasteiger partial charge < -0.3 is 9.52 Å². The number of aliphatic hydroxyl groups is 1. The third-order valence-electron chi connectivity index (χ3n) is 4.00. The second kappa shape index (κ2) is 4.76. The molecule has 0 aliphatic heterocycles. The van der Waals surface area contributed by atoms with Gasteiger partial charge in [-0.05, 0) is 49.4 Å². The quantitative estimate of drug-likeness (QED) is 0.754. The number of para-hydroxylation sites is 1. The number of aryl methyl sites for hydroxylation is 2. The zero-order valence-corrected chi connectivity index (χ0v) is 12.0. The highest BCUT2D eigenvalue weighted by Crippen LogP contribution is 2.36. The predicted molar refractivity (Wildman–Crippen MR) is 81.2 cm³/mol. The van der Waals surface area contributed by atoms with E-state index >= 15 is 0 Å². The van der Waals surface area contributed by atoms with Gasteiger partial charge in [0.25, 0.3) is 0 Å². The lowest BCUT2D eigenvalue weighted by molar-refractivity contribution is 0.196. The molecule has 1 N–H and O–H groups in total. The number of hydrogen-bond donors (Lipinski definition) is 1. The third-order valence-corrected chi connectivity index (χ3v) is 5.29. The largest absolute Gasteiger partial charge is 0.458 e. The normalized spacial score (nSPS) is 16.2. The summed E-state index contributed by atoms with van der Waals surface area (Å²) in [4.78, 5) is 2.46. The lowest BCUT2D eigenvalue weighted by atomic mass is 9.99. The van der Waals surface area contributed by atoms with Crippen molar-refractivity contribution < 1.29 is 9.52 Å². The molecule has 1 aromatic carbocycles. The maximum atomic E-state index is 10.6. The Bertz CT molecular complexity index is 697. The molecule has 0 amide bonds. The Hall–Kier alpha value is -1.58. The average Bonchev–Trinajstić information content (AvgIpc) is 3.10. The van der Waals surface area contributed by atoms with E-state index in [9.17, 15) is 5.11 Å². The van der Waals surface area contributed by atoms with Gasteiger partial charge in [-0.3, -0.25) is 0 Å². The molecule has 1 aliphatic rings. The summed E-state index contributed by atoms with van der Waals surface area (Å²) in [5.41, 5.74) is 2.26. The van der Waals surface area contributed by atoms with E-state index in [0.717, 1.165) is 28.7 Å². The molecule has 3 aromatic rings. The first kappa shape index (κ1) is 12.2. The van der Waals surface area contributed by atoms with Crippen LogP contribution in [0.15, 0.2) is 40.8 Å². The molecule has 0 radical (unpaired) electrons. The lowest BCUT2D eigenvalue weighted by Crippen LogP contribution is -1.97. The summed E-state index contributed by atoms with van der Waals surface area (Å²) in [5, 5.41) is 11.6. The maximum absolute atomic E-state index is 10.6. The molecular formula is C17H16O2S. The van der Waals surface area contributed by atoms with Crippen molar-refractivity contribution in [1.29, 1.82) is 0 Å². The van der Waals surface area contributed by atoms with Crippen LogP contribution in [-0.2, 0) is 12.8 Å². The van der Waals surface area contributed by atoms with Crippen LogP contribution in [0.25, 0.3) is 11.0 Å². The molecule has 1 unspecified atom stereocenters. The van der Waals surface area contributed by atoms with Crippen molar-refractivity contribution in [1.82, 2.24) is 0 Å². The molecule has 1 atom stereocenters. The molecule has 0 fully saturated rings. The first-order chi connectivity index (χ1) is 9.81. The summed E-state index contributed by atoms with van der Waals surface area (Å²) in [6, 6.07) is 12.0. The van der Waals surface area contributed by atoms with E-state index in [0.29, 0.717) is 5.76 Å². The highest BCUT2D eigenvalue weighted by atomic mass is 32.1. The van der Waals surface area contributed by atoms with E-state index in [1.165, 1.54) is 23.3 Å². The second-order valence-corrected chi connectivity index (χ2v) is 6.56. The van der Waals surface area contributed by atoms with Gasteiger partial charge in [0, 0.05) is 15.1 Å². The van der Waals surface area contributed by atoms with Crippen LogP contribution in [0.1, 0.15) is 40.0 Å². The summed E-state index contributed by atoms with van der Waals surface area (Å²) in [6.45, 7) is 0. The predicted octanol–water partition coefficient (Wildman–Crippen LogP) is 4.45. The number of fused-ring (bicyclic) bond motifs is 2. The van der Waals surface area contributed by atoms with Gasteiger partial charge in [-0.15, -0.1) is 11.3 Å². The summed E-state index contributed by atoms with van der Waals surface area (Å²) in [7, 11) is 0. The van der Waals surface area contributed by atoms with Crippen LogP contribution in [-0.4, -0.2) is 5.11 Å². The highest BCUT2D eigenvalue weighted by Gasteiger charge is 2.21. The molecule has 2 heterocycles. The van der Waals surface area contributed by atoms with Crippen molar-refractivity contribution >= 4 is 22.3 Å². The van der Waals surface area contributed by atoms with E-state index in [-0.39, 0.29) is 0 Å². The number of thiophene rings is 1. The molecule has 0 saturated heterocycles. The van der Waals surface area contributed by atoms with Crippen LogP contribution >= 0.6 is 11.3 Å². The lowest BCUT2D eigenvalue weighted by Gasteiger charge is -2.08. The minimum Gasteiger partial charge on any atom is -0.458 e. The Morgan fingerprint density at radius 1 is 1.10 bits per heavy atom. The molecule has 4 rings (SSSR count). The fourth-order valence-electron chi connectivity index (χ4n) is 2.93. The molecule has 2 nitrogen and oxygen atoms in total. The fourth-order valence-corrected chi connectivity index (χ4v) is 4.18. The molecule has 20 heavy (non-hydrogen) atoms. The summed E-state index contributed by atoms with van der Waals surface area (Å²) in [6.07, 6.45) is 4.21. The van der Waals surface area contributed by atoms with Gasteiger partial charge in [0.2, 0.25) is 0 Å². The minimum absolute atomic E-state index is 0.641. The Morgan fingerprint density at radius 2 is 1.95 bits per heavy atom. The molecule has 102 valence electrons. The molecule has 0 saturated carbocycles. The van der Waals surface area contributed by atoms with Crippen molar-refractivity contribution in [2.45, 2.75) is 31.8 Å². The van der Waals surface area contributed by atoms with Crippen LogP contribution in [0.5, 0.6) is 0 Å². The molecule has 1 aliphatic carbocycles. The van der Waals surface area contributed by atoms with Crippen molar-refractivity contribution in [3.8, 4) is 0 Å². The molecule has 3 heteroatoms. The van der Waals surface area contributed by atoms with Gasteiger partial charge in [-0.25, -0.2) is 0 Å². The van der Waals surface area contributed by atoms with Crippen LogP contribution in [0, 0.1) is 0 Å². The van der Waals surface area contributed by atoms with E-state index in [4.69, 9.17) is 4.42 Å². The van der Waals surface area contributed by atoms with Crippen LogP contribution in [0.4, 0.5) is 0 Å². The highest BCUT2D eigenvalue weighted by molar-refractivity contribution is 7.12. The van der Waals surface area contributed by atoms with Crippen molar-refractivity contribution in [2.75, 3.05) is 0 Å². The Labute approximate surface area is 121 Å². The molecular weight excluding hydrogens is 268 g/mol. The molecule has 0 bridgehead atoms. The summed E-state index contributed by atoms with van der Waals surface area (Å²) >= 11 is 1.74. The maximum Gasteiger partial charge on any atom is 0.146 e. The van der Waals surface area contributed by atoms with Crippen LogP contribution < -0.4 is 0 Å². The van der Waals surface area contributed by atoms with E-state index in [1.807, 2.05) is 30.3 Å². The summed E-state index contributed by atoms with van der Waals surface area (Å²) in [5.74, 6) is 0.643. The zero-order chi connectivity index (χ0) is 13.5. The summed E-state index contributed by atoms with van der Waals surface area (Å²) < 4.78 is 5.77. The first-order valence-electron chi connectivity index (χ1n) is 7.09. The smallest absolute Gasteiger partial charge is 0.146 e. The van der Waals surface area contributed by atoms with Crippen LogP contribution in [0.2, 0.25) is 0 Å². The average molecular weight is 284 g/mol. The van der Waals surface area contributed by atoms with Gasteiger partial charge in [-0.1, -0.05) is 18.2 Å². The number of hydrogen-bond acceptors (Lipinski definition) is 3. The van der Waals surface area contributed by atoms with Crippen LogP contribution in [0.3, 0.4) is 0 Å². The standard InChI is InChI=1S/C17H16O2S/c18-17(14-9-11-5-1-3-7-13(11)19-14)16-10-12-6-2-4-8-15(12)20-16/h1,3,5,7,9-10,17-18H,2,4,6,8H2. The fraction of sp³-hybridized carbons (Fsp3) is 0.294. The SMILES string of the molecule is OC(c1cc2ccccc2o1)c1cc2c(s1)CCCC2. The Morgan fingerprint density at radius 3 is 2.80 bits per heavy atom. The van der Waals surface area contributed by atoms with Crippen molar-refractivity contribution in [3.63, 3.8) is 0 Å². The second-order valence-electron chi connectivity index (χ2n) is 5.39. The third kappa shape index (κ3) is 1.98. The molecule has 0 spiro atoms. The van der Waals surface area contributed by atoms with E-state index < -0.39 is 6.10 Å². The zero-order valence-electron chi connectivity index (χ0n) is 11.1. The van der Waals surface area contributed by atoms with E-state index in [2.05, 4.69) is 6.07 Å². The Kier molecular flexibility index (Phi) is 2.90. The molecule has 2 aromatic heterocycles. The number of rotatable bonds is 2. The minimum atomic E-state index is -0.641. The topological polar surface area (TPSA) is 33.4 Å². The number of aliphatic hydroxyl groups excluding tert-OH is 1. The van der Waals surface area contributed by atoms with Crippen molar-refractivity contribution in [3.05, 3.63) is 57.5 Å².